The van der Waals surface area contributed by atoms with Gasteiger partial charge in [-0.15, -0.1) is 11.3 Å². The molecule has 1 aromatic heterocycles. The first kappa shape index (κ1) is 32.7. The van der Waals surface area contributed by atoms with E-state index in [9.17, 15) is 9.59 Å². The van der Waals surface area contributed by atoms with Gasteiger partial charge in [-0.3, -0.25) is 4.79 Å². The Kier molecular flexibility index (Phi) is 11.6. The molecule has 240 valence electrons. The van der Waals surface area contributed by atoms with Gasteiger partial charge in [0.05, 0.1) is 5.00 Å². The molecule has 3 aliphatic heterocycles. The van der Waals surface area contributed by atoms with E-state index in [2.05, 4.69) is 51.5 Å². The van der Waals surface area contributed by atoms with Gasteiger partial charge in [0.15, 0.2) is 0 Å². The van der Waals surface area contributed by atoms with E-state index in [1.807, 2.05) is 26.8 Å². The van der Waals surface area contributed by atoms with E-state index in [1.54, 1.807) is 16.2 Å². The number of rotatable bonds is 10. The van der Waals surface area contributed by atoms with E-state index < -0.39 is 5.60 Å². The van der Waals surface area contributed by atoms with Crippen molar-refractivity contribution in [3.05, 3.63) is 48.0 Å². The van der Waals surface area contributed by atoms with Gasteiger partial charge >= 0.3 is 6.09 Å². The van der Waals surface area contributed by atoms with Crippen LogP contribution in [0, 0.1) is 0 Å². The lowest BCUT2D eigenvalue weighted by Crippen LogP contribution is -2.46. The number of amides is 2. The van der Waals surface area contributed by atoms with Crippen LogP contribution in [0.25, 0.3) is 16.0 Å². The van der Waals surface area contributed by atoms with Gasteiger partial charge in [-0.2, -0.15) is 0 Å². The average Bonchev–Trinajstić information content (AvgIpc) is 3.49. The molecule has 0 unspecified atom stereocenters. The van der Waals surface area contributed by atoms with Crippen molar-refractivity contribution in [3.63, 3.8) is 0 Å². The average molecular weight is 621 g/mol. The van der Waals surface area contributed by atoms with Gasteiger partial charge in [0.25, 0.3) is 0 Å². The molecule has 0 radical (unpaired) electrons. The van der Waals surface area contributed by atoms with E-state index in [4.69, 9.17) is 4.74 Å². The van der Waals surface area contributed by atoms with Crippen molar-refractivity contribution in [2.24, 2.45) is 0 Å². The van der Waals surface area contributed by atoms with E-state index in [0.717, 1.165) is 40.7 Å². The van der Waals surface area contributed by atoms with Crippen LogP contribution < -0.4 is 5.32 Å². The van der Waals surface area contributed by atoms with Crippen molar-refractivity contribution >= 4 is 33.9 Å². The smallest absolute Gasteiger partial charge is 0.410 e. The van der Waals surface area contributed by atoms with Crippen molar-refractivity contribution in [3.8, 4) is 10.4 Å². The first-order valence-electron chi connectivity index (χ1n) is 16.9. The van der Waals surface area contributed by atoms with Crippen LogP contribution in [0.2, 0.25) is 0 Å². The summed E-state index contributed by atoms with van der Waals surface area (Å²) in [5.74, 6) is 0.112. The third kappa shape index (κ3) is 9.66. The minimum atomic E-state index is -0.481. The second-order valence-corrected chi connectivity index (χ2v) is 14.8. The van der Waals surface area contributed by atoms with E-state index in [1.165, 1.54) is 82.4 Å². The number of unbranched alkanes of at least 4 members (excludes halogenated alkanes) is 2. The molecule has 0 atom stereocenters. The normalized spacial score (nSPS) is 19.1. The van der Waals surface area contributed by atoms with Crippen LogP contribution in [0.4, 0.5) is 9.80 Å². The van der Waals surface area contributed by atoms with Crippen LogP contribution in [0.15, 0.2) is 42.5 Å². The highest BCUT2D eigenvalue weighted by atomic mass is 32.1. The number of likely N-dealkylation sites (tertiary alicyclic amines) is 2. The summed E-state index contributed by atoms with van der Waals surface area (Å²) >= 11 is 1.62. The van der Waals surface area contributed by atoms with Crippen LogP contribution in [-0.2, 0) is 9.53 Å². The number of nitrogens with one attached hydrogen (secondary N) is 1. The summed E-state index contributed by atoms with van der Waals surface area (Å²) in [4.78, 5) is 33.2. The highest BCUT2D eigenvalue weighted by Gasteiger charge is 2.26. The van der Waals surface area contributed by atoms with Crippen molar-refractivity contribution in [2.45, 2.75) is 96.6 Å². The van der Waals surface area contributed by atoms with Crippen molar-refractivity contribution in [1.29, 1.82) is 0 Å². The Bertz CT molecular complexity index is 1250. The molecule has 4 heterocycles. The summed E-state index contributed by atoms with van der Waals surface area (Å²) in [6, 6.07) is 13.5. The molecule has 8 heteroatoms. The summed E-state index contributed by atoms with van der Waals surface area (Å²) in [5.41, 5.74) is 3.11. The Labute approximate surface area is 268 Å². The van der Waals surface area contributed by atoms with Gasteiger partial charge in [-0.25, -0.2) is 4.79 Å². The highest BCUT2D eigenvalue weighted by Crippen LogP contribution is 2.33. The quantitative estimate of drug-likeness (QED) is 0.274. The van der Waals surface area contributed by atoms with Crippen LogP contribution in [0.5, 0.6) is 0 Å². The van der Waals surface area contributed by atoms with Crippen molar-refractivity contribution in [2.75, 3.05) is 51.1 Å². The lowest BCUT2D eigenvalue weighted by molar-refractivity contribution is -0.116. The van der Waals surface area contributed by atoms with Gasteiger partial charge in [0, 0.05) is 30.4 Å². The molecular weight excluding hydrogens is 568 g/mol. The zero-order valence-corrected chi connectivity index (χ0v) is 27.9. The van der Waals surface area contributed by atoms with Crippen molar-refractivity contribution < 1.29 is 14.3 Å². The number of hydrogen-bond acceptors (Lipinski definition) is 6. The SMILES string of the molecule is CC(C)(C)OC(=O)N1CC=C(c2ccc(-c3ccc(NC(=O)CCCCCN4CCC(N5CCCCC5)CC4)s3)cc2)CC1. The third-order valence-corrected chi connectivity index (χ3v) is 10.2. The van der Waals surface area contributed by atoms with E-state index >= 15 is 0 Å². The second-order valence-electron chi connectivity index (χ2n) is 13.7. The molecule has 0 saturated carbocycles. The largest absolute Gasteiger partial charge is 0.444 e. The number of anilines is 1. The number of piperidine rings is 2. The fraction of sp³-hybridized carbons (Fsp3) is 0.611. The standard InChI is InChI=1S/C36H52N4O3S/c1-36(2,3)43-35(42)40-26-17-29(18-27-40)28-11-13-30(14-12-28)32-15-16-34(44-32)37-33(41)10-6-4-7-21-38-24-19-31(20-25-38)39-22-8-5-9-23-39/h11-17,31H,4-10,18-27H2,1-3H3,(H,37,41). The number of thiophene rings is 1. The van der Waals surface area contributed by atoms with E-state index in [-0.39, 0.29) is 12.0 Å². The van der Waals surface area contributed by atoms with Crippen LogP contribution in [0.1, 0.15) is 90.5 Å². The molecule has 7 nitrogen and oxygen atoms in total. The number of benzene rings is 1. The first-order chi connectivity index (χ1) is 21.2. The molecule has 0 spiro atoms. The monoisotopic (exact) mass is 620 g/mol. The minimum Gasteiger partial charge on any atom is -0.444 e. The molecule has 2 aromatic rings. The van der Waals surface area contributed by atoms with E-state index in [0.29, 0.717) is 19.5 Å². The molecule has 2 saturated heterocycles. The maximum atomic E-state index is 12.6. The van der Waals surface area contributed by atoms with Crippen LogP contribution in [-0.4, -0.2) is 84.2 Å². The molecule has 0 aliphatic carbocycles. The molecule has 0 bridgehead atoms. The number of nitrogens with zero attached hydrogens (tertiary/aromatic N) is 3. The number of carbonyl (C=O) groups excluding carboxylic acids is 2. The summed E-state index contributed by atoms with van der Waals surface area (Å²) in [5, 5.41) is 4.02. The zero-order valence-electron chi connectivity index (χ0n) is 27.1. The molecular formula is C36H52N4O3S. The topological polar surface area (TPSA) is 65.1 Å². The predicted molar refractivity (Wildman–Crippen MR) is 182 cm³/mol. The van der Waals surface area contributed by atoms with Gasteiger partial charge in [0.2, 0.25) is 5.91 Å². The maximum absolute atomic E-state index is 12.6. The second kappa shape index (κ2) is 15.5. The summed E-state index contributed by atoms with van der Waals surface area (Å²) in [7, 11) is 0. The van der Waals surface area contributed by atoms with Crippen molar-refractivity contribution in [1.82, 2.24) is 14.7 Å². The highest BCUT2D eigenvalue weighted by molar-refractivity contribution is 7.19. The Balaban J connectivity index is 0.983. The number of carbonyl (C=O) groups is 2. The summed E-state index contributed by atoms with van der Waals surface area (Å²) in [6.07, 6.45) is 13.3. The molecule has 2 fully saturated rings. The lowest BCUT2D eigenvalue weighted by Gasteiger charge is -2.40. The molecule has 2 amide bonds. The van der Waals surface area contributed by atoms with Crippen LogP contribution in [0.3, 0.4) is 0 Å². The Morgan fingerprint density at radius 3 is 2.30 bits per heavy atom. The van der Waals surface area contributed by atoms with Gasteiger partial charge < -0.3 is 24.8 Å². The lowest BCUT2D eigenvalue weighted by atomic mass is 9.98. The Morgan fingerprint density at radius 1 is 0.886 bits per heavy atom. The fourth-order valence-corrected chi connectivity index (χ4v) is 7.55. The fourth-order valence-electron chi connectivity index (χ4n) is 6.62. The molecule has 3 aliphatic rings. The molecule has 1 aromatic carbocycles. The summed E-state index contributed by atoms with van der Waals surface area (Å²) < 4.78 is 5.51. The van der Waals surface area contributed by atoms with Crippen LogP contribution >= 0.6 is 11.3 Å². The maximum Gasteiger partial charge on any atom is 0.410 e. The Morgan fingerprint density at radius 2 is 1.61 bits per heavy atom. The minimum absolute atomic E-state index is 0.112. The predicted octanol–water partition coefficient (Wildman–Crippen LogP) is 7.89. The number of hydrogen-bond donors (Lipinski definition) is 1. The van der Waals surface area contributed by atoms with Gasteiger partial charge in [-0.1, -0.05) is 43.2 Å². The molecule has 44 heavy (non-hydrogen) atoms. The first-order valence-corrected chi connectivity index (χ1v) is 17.7. The molecule has 5 rings (SSSR count). The van der Waals surface area contributed by atoms with Gasteiger partial charge in [-0.05, 0) is 127 Å². The summed E-state index contributed by atoms with van der Waals surface area (Å²) in [6.45, 7) is 13.2. The number of ether oxygens (including phenoxy) is 1. The third-order valence-electron chi connectivity index (χ3n) is 9.11. The Hall–Kier alpha value is -2.68. The zero-order chi connectivity index (χ0) is 30.9. The molecule has 1 N–H and O–H groups in total. The van der Waals surface area contributed by atoms with Gasteiger partial charge in [0.1, 0.15) is 5.60 Å².